The van der Waals surface area contributed by atoms with Gasteiger partial charge in [0.25, 0.3) is 0 Å². The fraction of sp³-hybridized carbons (Fsp3) is 0.889. The summed E-state index contributed by atoms with van der Waals surface area (Å²) in [6.45, 7) is 3.78. The van der Waals surface area contributed by atoms with Crippen LogP contribution in [0.5, 0.6) is 0 Å². The van der Waals surface area contributed by atoms with Crippen molar-refractivity contribution in [3.8, 4) is 6.07 Å². The molecule has 0 aliphatic carbocycles. The van der Waals surface area contributed by atoms with Crippen molar-refractivity contribution in [3.05, 3.63) is 0 Å². The second-order valence-corrected chi connectivity index (χ2v) is 4.51. The van der Waals surface area contributed by atoms with E-state index >= 15 is 0 Å². The third-order valence-corrected chi connectivity index (χ3v) is 3.61. The molecule has 0 N–H and O–H groups in total. The van der Waals surface area contributed by atoms with Crippen LogP contribution in [0, 0.1) is 17.2 Å². The number of rotatable bonds is 3. The number of ether oxygens (including phenoxy) is 1. The van der Waals surface area contributed by atoms with Gasteiger partial charge in [-0.05, 0) is 19.8 Å². The highest BCUT2D eigenvalue weighted by Gasteiger charge is 2.14. The minimum absolute atomic E-state index is 0.192. The Labute approximate surface area is 78.3 Å². The highest BCUT2D eigenvalue weighted by atomic mass is 32.2. The normalized spacial score (nSPS) is 21.7. The van der Waals surface area contributed by atoms with E-state index in [0.29, 0.717) is 0 Å². The monoisotopic (exact) mass is 185 g/mol. The zero-order valence-electron chi connectivity index (χ0n) is 7.45. The summed E-state index contributed by atoms with van der Waals surface area (Å²) in [5, 5.41) is 9.31. The van der Waals surface area contributed by atoms with Gasteiger partial charge in [-0.1, -0.05) is 0 Å². The smallest absolute Gasteiger partial charge is 0.0661 e. The van der Waals surface area contributed by atoms with Crippen LogP contribution in [0.3, 0.4) is 0 Å². The SMILES string of the molecule is CC(C#N)CSC1CCOCC1. The molecule has 1 unspecified atom stereocenters. The average molecular weight is 185 g/mol. The van der Waals surface area contributed by atoms with Crippen molar-refractivity contribution in [1.29, 1.82) is 5.26 Å². The summed E-state index contributed by atoms with van der Waals surface area (Å²) >= 11 is 1.93. The third-order valence-electron chi connectivity index (χ3n) is 1.97. The predicted molar refractivity (Wildman–Crippen MR) is 51.1 cm³/mol. The lowest BCUT2D eigenvalue weighted by Gasteiger charge is -2.21. The lowest BCUT2D eigenvalue weighted by molar-refractivity contribution is 0.1000. The Morgan fingerprint density at radius 2 is 2.25 bits per heavy atom. The molecule has 0 aromatic rings. The Kier molecular flexibility index (Phi) is 4.49. The highest BCUT2D eigenvalue weighted by molar-refractivity contribution is 7.99. The molecule has 1 aliphatic heterocycles. The summed E-state index contributed by atoms with van der Waals surface area (Å²) in [6.07, 6.45) is 2.31. The molecule has 1 atom stereocenters. The lowest BCUT2D eigenvalue weighted by Crippen LogP contribution is -2.18. The van der Waals surface area contributed by atoms with Crippen molar-refractivity contribution in [3.63, 3.8) is 0 Å². The molecular weight excluding hydrogens is 170 g/mol. The first-order valence-corrected chi connectivity index (χ1v) is 5.46. The Balaban J connectivity index is 2.10. The molecule has 1 heterocycles. The molecule has 0 saturated carbocycles. The highest BCUT2D eigenvalue weighted by Crippen LogP contribution is 2.23. The van der Waals surface area contributed by atoms with Crippen molar-refractivity contribution in [2.75, 3.05) is 19.0 Å². The van der Waals surface area contributed by atoms with E-state index < -0.39 is 0 Å². The van der Waals surface area contributed by atoms with E-state index in [9.17, 15) is 0 Å². The third kappa shape index (κ3) is 3.46. The van der Waals surface area contributed by atoms with Gasteiger partial charge in [0.1, 0.15) is 0 Å². The Hall–Kier alpha value is -0.200. The van der Waals surface area contributed by atoms with E-state index in [1.165, 1.54) is 0 Å². The van der Waals surface area contributed by atoms with Crippen LogP contribution in [-0.2, 0) is 4.74 Å². The van der Waals surface area contributed by atoms with Crippen LogP contribution in [-0.4, -0.2) is 24.2 Å². The quantitative estimate of drug-likeness (QED) is 0.674. The Bertz CT molecular complexity index is 160. The average Bonchev–Trinajstić information content (AvgIpc) is 2.16. The summed E-state index contributed by atoms with van der Waals surface area (Å²) in [6, 6.07) is 2.25. The maximum absolute atomic E-state index is 8.58. The van der Waals surface area contributed by atoms with Gasteiger partial charge in [0, 0.05) is 24.2 Å². The zero-order valence-corrected chi connectivity index (χ0v) is 8.27. The van der Waals surface area contributed by atoms with Gasteiger partial charge in [0.05, 0.1) is 12.0 Å². The summed E-state index contributed by atoms with van der Waals surface area (Å²) < 4.78 is 5.25. The van der Waals surface area contributed by atoms with Crippen molar-refractivity contribution in [2.24, 2.45) is 5.92 Å². The van der Waals surface area contributed by atoms with Gasteiger partial charge >= 0.3 is 0 Å². The first kappa shape index (κ1) is 9.88. The fourth-order valence-electron chi connectivity index (χ4n) is 1.16. The Morgan fingerprint density at radius 1 is 1.58 bits per heavy atom. The van der Waals surface area contributed by atoms with Crippen LogP contribution in [0.15, 0.2) is 0 Å². The van der Waals surface area contributed by atoms with E-state index in [0.717, 1.165) is 37.1 Å². The predicted octanol–water partition coefficient (Wildman–Crippen LogP) is 2.06. The van der Waals surface area contributed by atoms with Gasteiger partial charge in [-0.15, -0.1) is 0 Å². The summed E-state index contributed by atoms with van der Waals surface area (Å²) in [5.74, 6) is 1.17. The van der Waals surface area contributed by atoms with Gasteiger partial charge in [0.15, 0.2) is 0 Å². The zero-order chi connectivity index (χ0) is 8.81. The minimum atomic E-state index is 0.192. The van der Waals surface area contributed by atoms with Crippen LogP contribution in [0.1, 0.15) is 19.8 Å². The second-order valence-electron chi connectivity index (χ2n) is 3.18. The second kappa shape index (κ2) is 5.45. The molecule has 1 aliphatic rings. The number of hydrogen-bond donors (Lipinski definition) is 0. The molecule has 1 fully saturated rings. The molecule has 0 amide bonds. The van der Waals surface area contributed by atoms with Gasteiger partial charge in [-0.2, -0.15) is 17.0 Å². The van der Waals surface area contributed by atoms with E-state index in [1.807, 2.05) is 18.7 Å². The number of hydrogen-bond acceptors (Lipinski definition) is 3. The summed E-state index contributed by atoms with van der Waals surface area (Å²) in [4.78, 5) is 0. The molecule has 3 heteroatoms. The first-order chi connectivity index (χ1) is 5.83. The lowest BCUT2D eigenvalue weighted by atomic mass is 10.2. The maximum Gasteiger partial charge on any atom is 0.0661 e. The van der Waals surface area contributed by atoms with E-state index in [4.69, 9.17) is 10.00 Å². The summed E-state index contributed by atoms with van der Waals surface area (Å²) in [7, 11) is 0. The number of thioether (sulfide) groups is 1. The van der Waals surface area contributed by atoms with Crippen molar-refractivity contribution < 1.29 is 4.74 Å². The molecule has 12 heavy (non-hydrogen) atoms. The van der Waals surface area contributed by atoms with Crippen molar-refractivity contribution in [2.45, 2.75) is 25.0 Å². The van der Waals surface area contributed by atoms with Crippen molar-refractivity contribution >= 4 is 11.8 Å². The first-order valence-electron chi connectivity index (χ1n) is 4.42. The molecule has 1 saturated heterocycles. The largest absolute Gasteiger partial charge is 0.381 e. The van der Waals surface area contributed by atoms with Crippen molar-refractivity contribution in [1.82, 2.24) is 0 Å². The van der Waals surface area contributed by atoms with E-state index in [1.54, 1.807) is 0 Å². The maximum atomic E-state index is 8.58. The molecule has 1 rings (SSSR count). The minimum Gasteiger partial charge on any atom is -0.381 e. The van der Waals surface area contributed by atoms with Crippen LogP contribution < -0.4 is 0 Å². The molecular formula is C9H15NOS. The topological polar surface area (TPSA) is 33.0 Å². The molecule has 0 bridgehead atoms. The molecule has 2 nitrogen and oxygen atoms in total. The molecule has 68 valence electrons. The molecule has 0 radical (unpaired) electrons. The van der Waals surface area contributed by atoms with Crippen LogP contribution in [0.25, 0.3) is 0 Å². The molecule has 0 aromatic carbocycles. The number of nitrogens with zero attached hydrogens (tertiary/aromatic N) is 1. The van der Waals surface area contributed by atoms with Gasteiger partial charge in [-0.25, -0.2) is 0 Å². The molecule has 0 spiro atoms. The fourth-order valence-corrected chi connectivity index (χ4v) is 2.32. The van der Waals surface area contributed by atoms with E-state index in [2.05, 4.69) is 6.07 Å². The van der Waals surface area contributed by atoms with Gasteiger partial charge < -0.3 is 4.74 Å². The van der Waals surface area contributed by atoms with Gasteiger partial charge in [-0.3, -0.25) is 0 Å². The van der Waals surface area contributed by atoms with Crippen LogP contribution >= 0.6 is 11.8 Å². The van der Waals surface area contributed by atoms with Gasteiger partial charge in [0.2, 0.25) is 0 Å². The number of nitriles is 1. The van der Waals surface area contributed by atoms with E-state index in [-0.39, 0.29) is 5.92 Å². The standard InChI is InChI=1S/C9H15NOS/c1-8(6-10)7-12-9-2-4-11-5-3-9/h8-9H,2-5,7H2,1H3. The summed E-state index contributed by atoms with van der Waals surface area (Å²) in [5.41, 5.74) is 0. The molecule has 0 aromatic heterocycles. The van der Waals surface area contributed by atoms with Crippen LogP contribution in [0.4, 0.5) is 0 Å². The Morgan fingerprint density at radius 3 is 2.83 bits per heavy atom. The van der Waals surface area contributed by atoms with Crippen LogP contribution in [0.2, 0.25) is 0 Å².